The molecule has 0 aromatic rings. The summed E-state index contributed by atoms with van der Waals surface area (Å²) in [6.45, 7) is 8.23. The average Bonchev–Trinajstić information content (AvgIpc) is 2.08. The first-order valence-electron chi connectivity index (χ1n) is 5.42. The highest BCUT2D eigenvalue weighted by molar-refractivity contribution is 5.67. The summed E-state index contributed by atoms with van der Waals surface area (Å²) in [5, 5.41) is 8.95. The number of carbonyl (C=O) groups excluding carboxylic acids is 1. The standard InChI is InChI=1S/C11H23NO4/c1-9(13)8-15-7-6-12(5)10(14)16-11(2,3)4/h9,13H,6-8H2,1-5H3. The maximum absolute atomic E-state index is 11.5. The van der Waals surface area contributed by atoms with E-state index < -0.39 is 11.7 Å². The van der Waals surface area contributed by atoms with Crippen LogP contribution in [0.1, 0.15) is 27.7 Å². The van der Waals surface area contributed by atoms with E-state index in [2.05, 4.69) is 0 Å². The largest absolute Gasteiger partial charge is 0.444 e. The number of hydrogen-bond acceptors (Lipinski definition) is 4. The van der Waals surface area contributed by atoms with Gasteiger partial charge in [0, 0.05) is 13.6 Å². The Morgan fingerprint density at radius 1 is 1.44 bits per heavy atom. The molecule has 0 fully saturated rings. The second kappa shape index (κ2) is 6.70. The van der Waals surface area contributed by atoms with E-state index in [1.807, 2.05) is 20.8 Å². The first kappa shape index (κ1) is 15.2. The summed E-state index contributed by atoms with van der Waals surface area (Å²) in [6.07, 6.45) is -0.847. The van der Waals surface area contributed by atoms with Gasteiger partial charge in [0.2, 0.25) is 0 Å². The van der Waals surface area contributed by atoms with Gasteiger partial charge in [0.15, 0.2) is 0 Å². The van der Waals surface area contributed by atoms with E-state index in [0.29, 0.717) is 13.2 Å². The van der Waals surface area contributed by atoms with Crippen molar-refractivity contribution in [3.63, 3.8) is 0 Å². The lowest BCUT2D eigenvalue weighted by molar-refractivity contribution is 0.0141. The fraction of sp³-hybridized carbons (Fsp3) is 0.909. The third-order valence-electron chi connectivity index (χ3n) is 1.64. The molecule has 0 radical (unpaired) electrons. The second-order valence-corrected chi connectivity index (χ2v) is 4.83. The molecule has 0 aromatic heterocycles. The normalized spacial score (nSPS) is 13.4. The fourth-order valence-electron chi connectivity index (χ4n) is 0.887. The molecule has 0 rings (SSSR count). The summed E-state index contributed by atoms with van der Waals surface area (Å²) in [5.41, 5.74) is -0.480. The van der Waals surface area contributed by atoms with E-state index in [1.54, 1.807) is 14.0 Å². The summed E-state index contributed by atoms with van der Waals surface area (Å²) in [5.74, 6) is 0. The Labute approximate surface area is 97.3 Å². The number of carbonyl (C=O) groups is 1. The van der Waals surface area contributed by atoms with Crippen molar-refractivity contribution < 1.29 is 19.4 Å². The van der Waals surface area contributed by atoms with E-state index >= 15 is 0 Å². The van der Waals surface area contributed by atoms with Crippen molar-refractivity contribution in [2.24, 2.45) is 0 Å². The fourth-order valence-corrected chi connectivity index (χ4v) is 0.887. The highest BCUT2D eigenvalue weighted by Crippen LogP contribution is 2.08. The van der Waals surface area contributed by atoms with Gasteiger partial charge < -0.3 is 19.5 Å². The van der Waals surface area contributed by atoms with Gasteiger partial charge in [-0.15, -0.1) is 0 Å². The zero-order chi connectivity index (χ0) is 12.8. The molecule has 0 saturated carbocycles. The van der Waals surface area contributed by atoms with E-state index in [4.69, 9.17) is 14.6 Å². The van der Waals surface area contributed by atoms with Gasteiger partial charge in [0.1, 0.15) is 5.60 Å². The molecule has 16 heavy (non-hydrogen) atoms. The van der Waals surface area contributed by atoms with Crippen LogP contribution in [0.3, 0.4) is 0 Å². The maximum atomic E-state index is 11.5. The lowest BCUT2D eigenvalue weighted by Crippen LogP contribution is -2.36. The molecule has 5 heteroatoms. The molecule has 0 saturated heterocycles. The lowest BCUT2D eigenvalue weighted by Gasteiger charge is -2.24. The van der Waals surface area contributed by atoms with Crippen molar-refractivity contribution in [1.29, 1.82) is 0 Å². The minimum absolute atomic E-state index is 0.280. The summed E-state index contributed by atoms with van der Waals surface area (Å²) in [6, 6.07) is 0. The van der Waals surface area contributed by atoms with Gasteiger partial charge >= 0.3 is 6.09 Å². The number of nitrogens with zero attached hydrogens (tertiary/aromatic N) is 1. The Morgan fingerprint density at radius 3 is 2.44 bits per heavy atom. The van der Waals surface area contributed by atoms with Crippen LogP contribution in [0.5, 0.6) is 0 Å². The number of likely N-dealkylation sites (N-methyl/N-ethyl adjacent to an activating group) is 1. The predicted molar refractivity (Wildman–Crippen MR) is 61.4 cm³/mol. The van der Waals surface area contributed by atoms with Crippen molar-refractivity contribution >= 4 is 6.09 Å². The zero-order valence-electron chi connectivity index (χ0n) is 10.8. The second-order valence-electron chi connectivity index (χ2n) is 4.83. The molecule has 0 aromatic carbocycles. The smallest absolute Gasteiger partial charge is 0.410 e. The quantitative estimate of drug-likeness (QED) is 0.726. The van der Waals surface area contributed by atoms with E-state index in [1.165, 1.54) is 4.90 Å². The van der Waals surface area contributed by atoms with Gasteiger partial charge in [-0.2, -0.15) is 0 Å². The monoisotopic (exact) mass is 233 g/mol. The molecule has 0 aliphatic rings. The topological polar surface area (TPSA) is 59.0 Å². The van der Waals surface area contributed by atoms with Crippen molar-refractivity contribution in [1.82, 2.24) is 4.90 Å². The summed E-state index contributed by atoms with van der Waals surface area (Å²) in [4.78, 5) is 12.9. The number of aliphatic hydroxyl groups is 1. The van der Waals surface area contributed by atoms with Crippen LogP contribution < -0.4 is 0 Å². The van der Waals surface area contributed by atoms with E-state index in [-0.39, 0.29) is 12.7 Å². The summed E-state index contributed by atoms with van der Waals surface area (Å²) in [7, 11) is 1.65. The van der Waals surface area contributed by atoms with Gasteiger partial charge in [-0.25, -0.2) is 4.79 Å². The van der Waals surface area contributed by atoms with E-state index in [0.717, 1.165) is 0 Å². The van der Waals surface area contributed by atoms with Crippen LogP contribution in [0.2, 0.25) is 0 Å². The van der Waals surface area contributed by atoms with Crippen molar-refractivity contribution in [2.75, 3.05) is 26.8 Å². The van der Waals surface area contributed by atoms with Crippen molar-refractivity contribution in [2.45, 2.75) is 39.4 Å². The molecule has 1 atom stereocenters. The molecule has 0 heterocycles. The molecule has 5 nitrogen and oxygen atoms in total. The SMILES string of the molecule is CC(O)COCCN(C)C(=O)OC(C)(C)C. The molecular formula is C11H23NO4. The third kappa shape index (κ3) is 8.49. The molecule has 96 valence electrons. The predicted octanol–water partition coefficient (Wildman–Crippen LogP) is 1.25. The number of ether oxygens (including phenoxy) is 2. The summed E-state index contributed by atoms with van der Waals surface area (Å²) >= 11 is 0. The minimum Gasteiger partial charge on any atom is -0.444 e. The van der Waals surface area contributed by atoms with Crippen LogP contribution in [0, 0.1) is 0 Å². The number of rotatable bonds is 5. The van der Waals surface area contributed by atoms with Gasteiger partial charge in [0.25, 0.3) is 0 Å². The number of amides is 1. The summed E-state index contributed by atoms with van der Waals surface area (Å²) < 4.78 is 10.3. The molecule has 0 bridgehead atoms. The maximum Gasteiger partial charge on any atom is 0.410 e. The average molecular weight is 233 g/mol. The molecule has 1 amide bonds. The lowest BCUT2D eigenvalue weighted by atomic mass is 10.2. The van der Waals surface area contributed by atoms with E-state index in [9.17, 15) is 4.79 Å². The Bertz CT molecular complexity index is 211. The van der Waals surface area contributed by atoms with Crippen molar-refractivity contribution in [3.05, 3.63) is 0 Å². The third-order valence-corrected chi connectivity index (χ3v) is 1.64. The highest BCUT2D eigenvalue weighted by atomic mass is 16.6. The number of hydrogen-bond donors (Lipinski definition) is 1. The first-order chi connectivity index (χ1) is 7.22. The van der Waals surface area contributed by atoms with Gasteiger partial charge in [-0.1, -0.05) is 0 Å². The Balaban J connectivity index is 3.72. The first-order valence-corrected chi connectivity index (χ1v) is 5.42. The zero-order valence-corrected chi connectivity index (χ0v) is 10.8. The molecule has 0 aliphatic carbocycles. The van der Waals surface area contributed by atoms with Gasteiger partial charge in [-0.05, 0) is 27.7 Å². The minimum atomic E-state index is -0.480. The molecule has 1 N–H and O–H groups in total. The van der Waals surface area contributed by atoms with Crippen LogP contribution in [0.15, 0.2) is 0 Å². The van der Waals surface area contributed by atoms with Gasteiger partial charge in [-0.3, -0.25) is 0 Å². The van der Waals surface area contributed by atoms with Crippen LogP contribution in [-0.4, -0.2) is 54.6 Å². The molecule has 0 aliphatic heterocycles. The van der Waals surface area contributed by atoms with Crippen LogP contribution >= 0.6 is 0 Å². The Hall–Kier alpha value is -0.810. The van der Waals surface area contributed by atoms with Crippen LogP contribution in [0.25, 0.3) is 0 Å². The number of aliphatic hydroxyl groups excluding tert-OH is 1. The molecular weight excluding hydrogens is 210 g/mol. The van der Waals surface area contributed by atoms with Crippen LogP contribution in [0.4, 0.5) is 4.79 Å². The highest BCUT2D eigenvalue weighted by Gasteiger charge is 2.19. The Kier molecular flexibility index (Phi) is 6.36. The van der Waals surface area contributed by atoms with Crippen LogP contribution in [-0.2, 0) is 9.47 Å². The van der Waals surface area contributed by atoms with Crippen molar-refractivity contribution in [3.8, 4) is 0 Å². The Morgan fingerprint density at radius 2 is 2.00 bits per heavy atom. The molecule has 1 unspecified atom stereocenters. The molecule has 0 spiro atoms. The van der Waals surface area contributed by atoms with Gasteiger partial charge in [0.05, 0.1) is 19.3 Å².